The van der Waals surface area contributed by atoms with Crippen molar-refractivity contribution < 1.29 is 23.5 Å². The fourth-order valence-corrected chi connectivity index (χ4v) is 4.04. The molecular formula is C30H22FN3O4. The molecule has 5 aromatic rings. The number of fused-ring (bicyclic) bond motifs is 1. The van der Waals surface area contributed by atoms with Gasteiger partial charge in [0.15, 0.2) is 0 Å². The van der Waals surface area contributed by atoms with Crippen molar-refractivity contribution in [3.63, 3.8) is 0 Å². The van der Waals surface area contributed by atoms with Gasteiger partial charge in [-0.2, -0.15) is 5.10 Å². The number of aromatic amines is 1. The highest BCUT2D eigenvalue weighted by molar-refractivity contribution is 6.10. The lowest BCUT2D eigenvalue weighted by molar-refractivity contribution is 0.0734. The summed E-state index contributed by atoms with van der Waals surface area (Å²) in [6.07, 6.45) is 1.37. The van der Waals surface area contributed by atoms with Crippen molar-refractivity contribution in [2.45, 2.75) is 0 Å². The number of ether oxygens (including phenoxy) is 2. The number of amides is 1. The Morgan fingerprint density at radius 2 is 1.63 bits per heavy atom. The summed E-state index contributed by atoms with van der Waals surface area (Å²) in [6.45, 7) is 0. The standard InChI is InChI=1S/C30H22FN3O4/c1-37-22-16-14-20(15-17-22)30(36)38-25-13-6-5-10-21(25)18-32-34-29(35)28-26(19-8-3-2-4-9-19)23-11-7-12-24(31)27(23)33-28/h2-18,33H,1H3,(H,34,35). The fourth-order valence-electron chi connectivity index (χ4n) is 4.04. The van der Waals surface area contributed by atoms with Gasteiger partial charge in [0.25, 0.3) is 5.91 Å². The van der Waals surface area contributed by atoms with Gasteiger partial charge in [-0.15, -0.1) is 0 Å². The predicted molar refractivity (Wildman–Crippen MR) is 143 cm³/mol. The highest BCUT2D eigenvalue weighted by Crippen LogP contribution is 2.33. The summed E-state index contributed by atoms with van der Waals surface area (Å²) in [7, 11) is 1.54. The molecule has 1 amide bonds. The minimum absolute atomic E-state index is 0.174. The van der Waals surface area contributed by atoms with Crippen molar-refractivity contribution in [3.05, 3.63) is 120 Å². The molecule has 0 saturated carbocycles. The molecule has 0 aliphatic rings. The number of rotatable bonds is 7. The molecule has 4 aromatic carbocycles. The molecule has 7 nitrogen and oxygen atoms in total. The molecule has 1 aromatic heterocycles. The molecule has 5 rings (SSSR count). The van der Waals surface area contributed by atoms with Crippen LogP contribution in [0.4, 0.5) is 4.39 Å². The average molecular weight is 508 g/mol. The zero-order valence-electron chi connectivity index (χ0n) is 20.3. The number of halogens is 1. The zero-order chi connectivity index (χ0) is 26.5. The van der Waals surface area contributed by atoms with Gasteiger partial charge in [0, 0.05) is 16.5 Å². The Balaban J connectivity index is 1.37. The number of benzene rings is 4. The van der Waals surface area contributed by atoms with Crippen LogP contribution in [0.5, 0.6) is 11.5 Å². The van der Waals surface area contributed by atoms with E-state index in [9.17, 15) is 14.0 Å². The van der Waals surface area contributed by atoms with Crippen molar-refractivity contribution in [3.8, 4) is 22.6 Å². The number of hydrazone groups is 1. The molecule has 0 radical (unpaired) electrons. The van der Waals surface area contributed by atoms with Gasteiger partial charge in [0.2, 0.25) is 0 Å². The molecule has 188 valence electrons. The number of carbonyl (C=O) groups is 2. The summed E-state index contributed by atoms with van der Waals surface area (Å²) in [4.78, 5) is 28.6. The molecule has 1 heterocycles. The zero-order valence-corrected chi connectivity index (χ0v) is 20.3. The van der Waals surface area contributed by atoms with Crippen LogP contribution >= 0.6 is 0 Å². The van der Waals surface area contributed by atoms with E-state index in [4.69, 9.17) is 9.47 Å². The maximum atomic E-state index is 14.5. The van der Waals surface area contributed by atoms with Crippen molar-refractivity contribution in [1.82, 2.24) is 10.4 Å². The molecule has 0 aliphatic carbocycles. The summed E-state index contributed by atoms with van der Waals surface area (Å²) >= 11 is 0. The number of nitrogens with zero attached hydrogens (tertiary/aromatic N) is 1. The average Bonchev–Trinajstić information content (AvgIpc) is 3.35. The fraction of sp³-hybridized carbons (Fsp3) is 0.0333. The predicted octanol–water partition coefficient (Wildman–Crippen LogP) is 5.97. The van der Waals surface area contributed by atoms with E-state index in [1.807, 2.05) is 30.3 Å². The minimum Gasteiger partial charge on any atom is -0.497 e. The van der Waals surface area contributed by atoms with Gasteiger partial charge in [0.05, 0.1) is 24.4 Å². The second-order valence-corrected chi connectivity index (χ2v) is 8.26. The van der Waals surface area contributed by atoms with Gasteiger partial charge in [-0.3, -0.25) is 4.79 Å². The topological polar surface area (TPSA) is 92.8 Å². The molecule has 0 fully saturated rings. The first-order valence-electron chi connectivity index (χ1n) is 11.7. The minimum atomic E-state index is -0.552. The maximum absolute atomic E-state index is 14.5. The van der Waals surface area contributed by atoms with E-state index in [-0.39, 0.29) is 17.0 Å². The number of carbonyl (C=O) groups excluding carboxylic acids is 2. The summed E-state index contributed by atoms with van der Waals surface area (Å²) in [6, 6.07) is 27.3. The van der Waals surface area contributed by atoms with E-state index in [0.29, 0.717) is 27.8 Å². The number of nitrogens with one attached hydrogen (secondary N) is 2. The number of para-hydroxylation sites is 2. The van der Waals surface area contributed by atoms with Crippen molar-refractivity contribution in [1.29, 1.82) is 0 Å². The number of hydrogen-bond acceptors (Lipinski definition) is 5. The Labute approximate surface area is 217 Å². The summed E-state index contributed by atoms with van der Waals surface area (Å²) in [5, 5.41) is 4.65. The third-order valence-electron chi connectivity index (χ3n) is 5.89. The lowest BCUT2D eigenvalue weighted by Crippen LogP contribution is -2.19. The Bertz CT molecular complexity index is 1640. The van der Waals surface area contributed by atoms with E-state index in [1.54, 1.807) is 67.8 Å². The van der Waals surface area contributed by atoms with E-state index in [1.165, 1.54) is 12.3 Å². The molecule has 8 heteroatoms. The molecule has 2 N–H and O–H groups in total. The molecule has 0 unspecified atom stereocenters. The Morgan fingerprint density at radius 3 is 2.39 bits per heavy atom. The van der Waals surface area contributed by atoms with Crippen molar-refractivity contribution in [2.75, 3.05) is 7.11 Å². The van der Waals surface area contributed by atoms with Crippen LogP contribution in [0, 0.1) is 5.82 Å². The van der Waals surface area contributed by atoms with Crippen LogP contribution in [0.15, 0.2) is 102 Å². The largest absolute Gasteiger partial charge is 0.497 e. The van der Waals surface area contributed by atoms with Gasteiger partial charge >= 0.3 is 5.97 Å². The first kappa shape index (κ1) is 24.5. The SMILES string of the molecule is COc1ccc(C(=O)Oc2ccccc2C=NNC(=O)c2[nH]c3c(F)cccc3c2-c2ccccc2)cc1. The number of aromatic nitrogens is 1. The van der Waals surface area contributed by atoms with Crippen LogP contribution in [0.2, 0.25) is 0 Å². The van der Waals surface area contributed by atoms with Gasteiger partial charge in [0.1, 0.15) is 23.0 Å². The van der Waals surface area contributed by atoms with Crippen molar-refractivity contribution >= 4 is 29.0 Å². The van der Waals surface area contributed by atoms with Crippen LogP contribution in [-0.4, -0.2) is 30.2 Å². The monoisotopic (exact) mass is 507 g/mol. The van der Waals surface area contributed by atoms with Gasteiger partial charge in [-0.25, -0.2) is 14.6 Å². The first-order valence-corrected chi connectivity index (χ1v) is 11.7. The van der Waals surface area contributed by atoms with E-state index in [0.717, 1.165) is 5.56 Å². The lowest BCUT2D eigenvalue weighted by Gasteiger charge is -2.08. The smallest absolute Gasteiger partial charge is 0.343 e. The number of H-pyrrole nitrogens is 1. The van der Waals surface area contributed by atoms with E-state index < -0.39 is 17.7 Å². The highest BCUT2D eigenvalue weighted by Gasteiger charge is 2.20. The number of hydrogen-bond donors (Lipinski definition) is 2. The molecule has 38 heavy (non-hydrogen) atoms. The maximum Gasteiger partial charge on any atom is 0.343 e. The second kappa shape index (κ2) is 10.8. The second-order valence-electron chi connectivity index (χ2n) is 8.26. The van der Waals surface area contributed by atoms with E-state index >= 15 is 0 Å². The summed E-state index contributed by atoms with van der Waals surface area (Å²) in [5.41, 5.74) is 5.05. The van der Waals surface area contributed by atoms with Crippen LogP contribution < -0.4 is 14.9 Å². The van der Waals surface area contributed by atoms with Crippen LogP contribution in [-0.2, 0) is 0 Å². The normalized spacial score (nSPS) is 11.0. The number of methoxy groups -OCH3 is 1. The van der Waals surface area contributed by atoms with Crippen molar-refractivity contribution in [2.24, 2.45) is 5.10 Å². The van der Waals surface area contributed by atoms with Crippen LogP contribution in [0.1, 0.15) is 26.4 Å². The molecule has 0 saturated heterocycles. The molecule has 0 atom stereocenters. The van der Waals surface area contributed by atoms with Gasteiger partial charge in [-0.1, -0.05) is 54.6 Å². The third-order valence-corrected chi connectivity index (χ3v) is 5.89. The molecular weight excluding hydrogens is 485 g/mol. The lowest BCUT2D eigenvalue weighted by atomic mass is 10.0. The van der Waals surface area contributed by atoms with Gasteiger partial charge in [-0.05, 0) is 48.0 Å². The Morgan fingerprint density at radius 1 is 0.895 bits per heavy atom. The van der Waals surface area contributed by atoms with Crippen LogP contribution in [0.3, 0.4) is 0 Å². The number of esters is 1. The van der Waals surface area contributed by atoms with E-state index in [2.05, 4.69) is 15.5 Å². The summed E-state index contributed by atoms with van der Waals surface area (Å²) < 4.78 is 25.2. The van der Waals surface area contributed by atoms with Crippen LogP contribution in [0.25, 0.3) is 22.0 Å². The highest BCUT2D eigenvalue weighted by atomic mass is 19.1. The summed E-state index contributed by atoms with van der Waals surface area (Å²) in [5.74, 6) is -0.676. The molecule has 0 spiro atoms. The first-order chi connectivity index (χ1) is 18.5. The molecule has 0 aliphatic heterocycles. The Hall–Kier alpha value is -5.24. The molecule has 0 bridgehead atoms. The van der Waals surface area contributed by atoms with Gasteiger partial charge < -0.3 is 14.5 Å². The Kier molecular flexibility index (Phi) is 6.95. The third kappa shape index (κ3) is 5.01. The quantitative estimate of drug-likeness (QED) is 0.123.